The Labute approximate surface area is 152 Å². The van der Waals surface area contributed by atoms with Gasteiger partial charge < -0.3 is 14.5 Å². The first-order chi connectivity index (χ1) is 12.7. The summed E-state index contributed by atoms with van der Waals surface area (Å²) in [7, 11) is 0. The number of rotatable bonds is 5. The van der Waals surface area contributed by atoms with Gasteiger partial charge in [-0.3, -0.25) is 14.5 Å². The van der Waals surface area contributed by atoms with Crippen LogP contribution in [-0.2, 0) is 22.6 Å². The fourth-order valence-corrected chi connectivity index (χ4v) is 3.87. The Bertz CT molecular complexity index is 787. The number of nitrogens with zero attached hydrogens (tertiary/aromatic N) is 1. The molecule has 6 heteroatoms. The van der Waals surface area contributed by atoms with Crippen molar-refractivity contribution in [3.8, 4) is 0 Å². The second kappa shape index (κ2) is 7.33. The summed E-state index contributed by atoms with van der Waals surface area (Å²) in [4.78, 5) is 26.7. The van der Waals surface area contributed by atoms with E-state index in [4.69, 9.17) is 9.15 Å². The van der Waals surface area contributed by atoms with Crippen LogP contribution in [0.15, 0.2) is 47.1 Å². The third kappa shape index (κ3) is 3.51. The fourth-order valence-electron chi connectivity index (χ4n) is 3.87. The number of ether oxygens (including phenoxy) is 1. The number of nitrogens with one attached hydrogen (secondary N) is 1. The van der Waals surface area contributed by atoms with E-state index in [1.807, 2.05) is 24.3 Å². The lowest BCUT2D eigenvalue weighted by molar-refractivity contribution is -0.155. The van der Waals surface area contributed by atoms with Crippen LogP contribution in [-0.4, -0.2) is 36.0 Å². The number of hydrogen-bond acceptors (Lipinski definition) is 5. The summed E-state index contributed by atoms with van der Waals surface area (Å²) in [5.41, 5.74) is 1.63. The molecule has 1 N–H and O–H groups in total. The lowest BCUT2D eigenvalue weighted by atomic mass is 9.95. The number of amides is 1. The van der Waals surface area contributed by atoms with Gasteiger partial charge >= 0.3 is 5.97 Å². The smallest absolute Gasteiger partial charge is 0.323 e. The number of carbonyl (C=O) groups is 2. The average Bonchev–Trinajstić information content (AvgIpc) is 3.31. The van der Waals surface area contributed by atoms with Crippen LogP contribution in [0.4, 0.5) is 0 Å². The molecule has 0 bridgehead atoms. The SMILES string of the molecule is O=C(NCc1ccco1)c1cccc(CN2CC[C@H]3CCOC(=O)[C@@H]32)c1. The van der Waals surface area contributed by atoms with Crippen molar-refractivity contribution in [1.82, 2.24) is 10.2 Å². The number of benzene rings is 1. The van der Waals surface area contributed by atoms with Crippen LogP contribution < -0.4 is 5.32 Å². The van der Waals surface area contributed by atoms with Gasteiger partial charge in [-0.05, 0) is 55.1 Å². The first-order valence-electron chi connectivity index (χ1n) is 9.01. The molecule has 0 spiro atoms. The van der Waals surface area contributed by atoms with Crippen molar-refractivity contribution in [2.75, 3.05) is 13.2 Å². The Balaban J connectivity index is 1.41. The molecule has 1 aromatic heterocycles. The molecule has 2 saturated heterocycles. The van der Waals surface area contributed by atoms with Crippen molar-refractivity contribution in [3.05, 3.63) is 59.5 Å². The molecule has 2 fully saturated rings. The van der Waals surface area contributed by atoms with Crippen molar-refractivity contribution in [2.45, 2.75) is 32.0 Å². The van der Waals surface area contributed by atoms with Gasteiger partial charge in [0.25, 0.3) is 5.91 Å². The Morgan fingerprint density at radius 3 is 3.00 bits per heavy atom. The fraction of sp³-hybridized carbons (Fsp3) is 0.400. The second-order valence-electron chi connectivity index (χ2n) is 6.88. The Morgan fingerprint density at radius 1 is 1.23 bits per heavy atom. The molecule has 1 amide bonds. The Morgan fingerprint density at radius 2 is 2.15 bits per heavy atom. The Kier molecular flexibility index (Phi) is 4.75. The Hall–Kier alpha value is -2.60. The molecule has 2 aliphatic rings. The van der Waals surface area contributed by atoms with Gasteiger partial charge in [0.15, 0.2) is 0 Å². The summed E-state index contributed by atoms with van der Waals surface area (Å²) in [5.74, 6) is 0.871. The number of likely N-dealkylation sites (tertiary alicyclic amines) is 1. The van der Waals surface area contributed by atoms with E-state index < -0.39 is 0 Å². The molecule has 1 aromatic carbocycles. The standard InChI is InChI=1S/C20H22N2O4/c23-19(21-12-17-5-2-9-25-17)16-4-1-3-14(11-16)13-22-8-6-15-7-10-26-20(24)18(15)22/h1-5,9,11,15,18H,6-8,10,12-13H2,(H,21,23)/t15-,18+/m0/s1. The lowest BCUT2D eigenvalue weighted by Gasteiger charge is -2.30. The second-order valence-corrected chi connectivity index (χ2v) is 6.88. The predicted molar refractivity (Wildman–Crippen MR) is 94.2 cm³/mol. The summed E-state index contributed by atoms with van der Waals surface area (Å²) in [6, 6.07) is 11.0. The van der Waals surface area contributed by atoms with Crippen LogP contribution in [0.1, 0.15) is 34.5 Å². The molecule has 0 unspecified atom stereocenters. The predicted octanol–water partition coefficient (Wildman–Crippen LogP) is 2.35. The van der Waals surface area contributed by atoms with Gasteiger partial charge in [0, 0.05) is 12.1 Å². The summed E-state index contributed by atoms with van der Waals surface area (Å²) in [5, 5.41) is 2.85. The van der Waals surface area contributed by atoms with Crippen molar-refractivity contribution in [2.24, 2.45) is 5.92 Å². The molecule has 136 valence electrons. The number of furan rings is 1. The number of hydrogen-bond donors (Lipinski definition) is 1. The summed E-state index contributed by atoms with van der Waals surface area (Å²) < 4.78 is 10.5. The maximum atomic E-state index is 12.4. The highest BCUT2D eigenvalue weighted by molar-refractivity contribution is 5.94. The molecule has 3 heterocycles. The van der Waals surface area contributed by atoms with Gasteiger partial charge in [0.1, 0.15) is 11.8 Å². The minimum Gasteiger partial charge on any atom is -0.467 e. The number of fused-ring (bicyclic) bond motifs is 1. The van der Waals surface area contributed by atoms with Crippen molar-refractivity contribution in [3.63, 3.8) is 0 Å². The number of carbonyl (C=O) groups excluding carboxylic acids is 2. The third-order valence-electron chi connectivity index (χ3n) is 5.18. The van der Waals surface area contributed by atoms with Crippen molar-refractivity contribution in [1.29, 1.82) is 0 Å². The molecule has 0 saturated carbocycles. The third-order valence-corrected chi connectivity index (χ3v) is 5.18. The van der Waals surface area contributed by atoms with Crippen molar-refractivity contribution < 1.29 is 18.7 Å². The van der Waals surface area contributed by atoms with Crippen molar-refractivity contribution >= 4 is 11.9 Å². The zero-order valence-corrected chi connectivity index (χ0v) is 14.5. The summed E-state index contributed by atoms with van der Waals surface area (Å²) >= 11 is 0. The van der Waals surface area contributed by atoms with E-state index in [-0.39, 0.29) is 17.9 Å². The minimum absolute atomic E-state index is 0.105. The van der Waals surface area contributed by atoms with Gasteiger partial charge in [-0.2, -0.15) is 0 Å². The van der Waals surface area contributed by atoms with Crippen LogP contribution >= 0.6 is 0 Å². The first-order valence-corrected chi connectivity index (χ1v) is 9.01. The molecule has 0 aliphatic carbocycles. The average molecular weight is 354 g/mol. The van der Waals surface area contributed by atoms with Crippen LogP contribution in [0.5, 0.6) is 0 Å². The van der Waals surface area contributed by atoms with E-state index in [0.29, 0.717) is 36.9 Å². The lowest BCUT2D eigenvalue weighted by Crippen LogP contribution is -2.43. The number of esters is 1. The first kappa shape index (κ1) is 16.8. The highest BCUT2D eigenvalue weighted by Crippen LogP contribution is 2.32. The number of cyclic esters (lactones) is 1. The summed E-state index contributed by atoms with van der Waals surface area (Å²) in [6.07, 6.45) is 3.56. The molecule has 0 radical (unpaired) electrons. The van der Waals surface area contributed by atoms with E-state index >= 15 is 0 Å². The molecule has 2 aromatic rings. The zero-order valence-electron chi connectivity index (χ0n) is 14.5. The van der Waals surface area contributed by atoms with Gasteiger partial charge in [-0.15, -0.1) is 0 Å². The van der Waals surface area contributed by atoms with Gasteiger partial charge in [0.2, 0.25) is 0 Å². The molecule has 4 rings (SSSR count). The van der Waals surface area contributed by atoms with Gasteiger partial charge in [0.05, 0.1) is 19.4 Å². The quantitative estimate of drug-likeness (QED) is 0.835. The largest absolute Gasteiger partial charge is 0.467 e. The van der Waals surface area contributed by atoms with E-state index in [9.17, 15) is 9.59 Å². The zero-order chi connectivity index (χ0) is 17.9. The van der Waals surface area contributed by atoms with Crippen LogP contribution in [0.25, 0.3) is 0 Å². The van der Waals surface area contributed by atoms with Gasteiger partial charge in [-0.1, -0.05) is 12.1 Å². The summed E-state index contributed by atoms with van der Waals surface area (Å²) in [6.45, 7) is 2.44. The maximum Gasteiger partial charge on any atom is 0.323 e. The normalized spacial score (nSPS) is 22.7. The molecule has 2 aliphatic heterocycles. The maximum absolute atomic E-state index is 12.4. The van der Waals surface area contributed by atoms with E-state index in [2.05, 4.69) is 10.2 Å². The minimum atomic E-state index is -0.139. The highest BCUT2D eigenvalue weighted by Gasteiger charge is 2.42. The molecular weight excluding hydrogens is 332 g/mol. The van der Waals surface area contributed by atoms with E-state index in [1.54, 1.807) is 18.4 Å². The molecule has 2 atom stereocenters. The molecule has 26 heavy (non-hydrogen) atoms. The van der Waals surface area contributed by atoms with E-state index in [1.165, 1.54) is 0 Å². The topological polar surface area (TPSA) is 71.8 Å². The van der Waals surface area contributed by atoms with Crippen LogP contribution in [0.2, 0.25) is 0 Å². The van der Waals surface area contributed by atoms with Gasteiger partial charge in [-0.25, -0.2) is 0 Å². The molecular formula is C20H22N2O4. The van der Waals surface area contributed by atoms with E-state index in [0.717, 1.165) is 24.9 Å². The monoisotopic (exact) mass is 354 g/mol. The van der Waals surface area contributed by atoms with Crippen LogP contribution in [0.3, 0.4) is 0 Å². The highest BCUT2D eigenvalue weighted by atomic mass is 16.5. The molecule has 6 nitrogen and oxygen atoms in total. The van der Waals surface area contributed by atoms with Crippen LogP contribution in [0, 0.1) is 5.92 Å².